The molecule has 2 heteroatoms. The van der Waals surface area contributed by atoms with Crippen molar-refractivity contribution in [1.29, 1.82) is 0 Å². The maximum Gasteiger partial charge on any atom is 0.231 e. The molecule has 0 fully saturated rings. The minimum Gasteiger partial charge on any atom is -0.325 e. The molecule has 0 aliphatic rings. The molecule has 122 valence electrons. The molecule has 0 bridgehead atoms. The van der Waals surface area contributed by atoms with Gasteiger partial charge >= 0.3 is 0 Å². The smallest absolute Gasteiger partial charge is 0.231 e. The van der Waals surface area contributed by atoms with Crippen molar-refractivity contribution in [2.45, 2.75) is 47.0 Å². The Morgan fingerprint density at radius 2 is 1.52 bits per heavy atom. The van der Waals surface area contributed by atoms with Crippen molar-refractivity contribution in [2.75, 3.05) is 5.32 Å². The quantitative estimate of drug-likeness (QED) is 0.803. The summed E-state index contributed by atoms with van der Waals surface area (Å²) in [6.07, 6.45) is 1.07. The van der Waals surface area contributed by atoms with Gasteiger partial charge in [0.2, 0.25) is 5.91 Å². The molecular formula is C21H27NO. The molecule has 2 aromatic rings. The molecule has 1 atom stereocenters. The number of para-hydroxylation sites is 1. The zero-order valence-electron chi connectivity index (χ0n) is 14.8. The molecule has 23 heavy (non-hydrogen) atoms. The second-order valence-electron chi connectivity index (χ2n) is 6.82. The highest BCUT2D eigenvalue weighted by molar-refractivity contribution is 5.96. The monoisotopic (exact) mass is 309 g/mol. The van der Waals surface area contributed by atoms with Crippen LogP contribution in [0.25, 0.3) is 0 Å². The normalized spacial score (nSPS) is 12.3. The Kier molecular flexibility index (Phi) is 5.59. The van der Waals surface area contributed by atoms with Crippen molar-refractivity contribution in [1.82, 2.24) is 0 Å². The van der Waals surface area contributed by atoms with Gasteiger partial charge in [-0.25, -0.2) is 0 Å². The molecule has 2 rings (SSSR count). The van der Waals surface area contributed by atoms with Crippen LogP contribution >= 0.6 is 0 Å². The van der Waals surface area contributed by atoms with E-state index in [9.17, 15) is 4.79 Å². The van der Waals surface area contributed by atoms with Gasteiger partial charge in [-0.15, -0.1) is 0 Å². The van der Waals surface area contributed by atoms with Crippen molar-refractivity contribution in [3.05, 3.63) is 64.7 Å². The molecule has 0 spiro atoms. The number of nitrogens with one attached hydrogen (secondary N) is 1. The second kappa shape index (κ2) is 7.45. The number of anilines is 1. The van der Waals surface area contributed by atoms with E-state index in [1.165, 1.54) is 5.56 Å². The van der Waals surface area contributed by atoms with Gasteiger partial charge < -0.3 is 5.32 Å². The summed E-state index contributed by atoms with van der Waals surface area (Å²) >= 11 is 0. The summed E-state index contributed by atoms with van der Waals surface area (Å²) < 4.78 is 0. The Hall–Kier alpha value is -2.09. The van der Waals surface area contributed by atoms with Crippen LogP contribution in [0.3, 0.4) is 0 Å². The van der Waals surface area contributed by atoms with Crippen molar-refractivity contribution in [3.8, 4) is 0 Å². The largest absolute Gasteiger partial charge is 0.325 e. The molecule has 0 radical (unpaired) electrons. The van der Waals surface area contributed by atoms with Crippen LogP contribution in [0.2, 0.25) is 0 Å². The number of hydrogen-bond donors (Lipinski definition) is 1. The van der Waals surface area contributed by atoms with E-state index >= 15 is 0 Å². The number of carbonyl (C=O) groups excluding carboxylic acids is 1. The summed E-state index contributed by atoms with van der Waals surface area (Å²) in [5, 5.41) is 3.08. The van der Waals surface area contributed by atoms with Crippen LogP contribution in [0.1, 0.15) is 48.9 Å². The number of carbonyl (C=O) groups is 1. The zero-order valence-corrected chi connectivity index (χ0v) is 14.8. The number of amides is 1. The predicted octanol–water partition coefficient (Wildman–Crippen LogP) is 5.24. The maximum absolute atomic E-state index is 12.6. The average Bonchev–Trinajstić information content (AvgIpc) is 2.50. The van der Waals surface area contributed by atoms with E-state index in [1.54, 1.807) is 0 Å². The lowest BCUT2D eigenvalue weighted by Crippen LogP contribution is -2.20. The van der Waals surface area contributed by atoms with Crippen LogP contribution in [0.15, 0.2) is 42.5 Å². The third-order valence-corrected chi connectivity index (χ3v) is 4.25. The lowest BCUT2D eigenvalue weighted by molar-refractivity contribution is -0.117. The first-order valence-electron chi connectivity index (χ1n) is 8.34. The van der Waals surface area contributed by atoms with Gasteiger partial charge in [0.1, 0.15) is 0 Å². The molecule has 0 saturated carbocycles. The van der Waals surface area contributed by atoms with Gasteiger partial charge in [-0.3, -0.25) is 4.79 Å². The van der Waals surface area contributed by atoms with E-state index in [0.29, 0.717) is 5.92 Å². The van der Waals surface area contributed by atoms with E-state index in [0.717, 1.165) is 28.8 Å². The molecular weight excluding hydrogens is 282 g/mol. The fourth-order valence-electron chi connectivity index (χ4n) is 2.81. The SMILES string of the molecule is Cc1cccc(C)c1NC(=O)C(C)c1ccc(CC(C)C)cc1. The maximum atomic E-state index is 12.6. The van der Waals surface area contributed by atoms with Crippen LogP contribution in [0, 0.1) is 19.8 Å². The Labute approximate surface area is 139 Å². The number of aryl methyl sites for hydroxylation is 2. The lowest BCUT2D eigenvalue weighted by Gasteiger charge is -2.16. The summed E-state index contributed by atoms with van der Waals surface area (Å²) in [7, 11) is 0. The Morgan fingerprint density at radius 1 is 0.957 bits per heavy atom. The molecule has 0 heterocycles. The van der Waals surface area contributed by atoms with Gasteiger partial charge in [0, 0.05) is 5.69 Å². The van der Waals surface area contributed by atoms with Crippen LogP contribution < -0.4 is 5.32 Å². The zero-order chi connectivity index (χ0) is 17.0. The molecule has 0 aliphatic heterocycles. The molecule has 2 aromatic carbocycles. The van der Waals surface area contributed by atoms with Crippen LogP contribution in [-0.4, -0.2) is 5.91 Å². The summed E-state index contributed by atoms with van der Waals surface area (Å²) in [6, 6.07) is 14.5. The molecule has 1 N–H and O–H groups in total. The predicted molar refractivity (Wildman–Crippen MR) is 97.9 cm³/mol. The van der Waals surface area contributed by atoms with Gasteiger partial charge in [0.25, 0.3) is 0 Å². The van der Waals surface area contributed by atoms with Gasteiger partial charge in [0.15, 0.2) is 0 Å². The minimum atomic E-state index is -0.165. The third-order valence-electron chi connectivity index (χ3n) is 4.25. The van der Waals surface area contributed by atoms with Crippen molar-refractivity contribution in [3.63, 3.8) is 0 Å². The standard InChI is InChI=1S/C21H27NO/c1-14(2)13-18-9-11-19(12-10-18)17(5)21(23)22-20-15(3)7-6-8-16(20)4/h6-12,14,17H,13H2,1-5H3,(H,22,23). The van der Waals surface area contributed by atoms with Gasteiger partial charge in [0.05, 0.1) is 5.92 Å². The molecule has 1 amide bonds. The van der Waals surface area contributed by atoms with Gasteiger partial charge in [-0.05, 0) is 55.4 Å². The second-order valence-corrected chi connectivity index (χ2v) is 6.82. The van der Waals surface area contributed by atoms with E-state index in [2.05, 4.69) is 43.4 Å². The average molecular weight is 309 g/mol. The van der Waals surface area contributed by atoms with Crippen LogP contribution in [0.4, 0.5) is 5.69 Å². The molecule has 0 aliphatic carbocycles. The summed E-state index contributed by atoms with van der Waals surface area (Å²) in [5.41, 5.74) is 5.50. The fourth-order valence-corrected chi connectivity index (χ4v) is 2.81. The molecule has 0 aromatic heterocycles. The topological polar surface area (TPSA) is 29.1 Å². The Morgan fingerprint density at radius 3 is 2.04 bits per heavy atom. The van der Waals surface area contributed by atoms with E-state index < -0.39 is 0 Å². The van der Waals surface area contributed by atoms with E-state index in [1.807, 2.05) is 39.0 Å². The molecule has 0 saturated heterocycles. The first-order valence-corrected chi connectivity index (χ1v) is 8.34. The Balaban J connectivity index is 2.10. The summed E-state index contributed by atoms with van der Waals surface area (Å²) in [4.78, 5) is 12.6. The number of benzene rings is 2. The first kappa shape index (κ1) is 17.3. The third kappa shape index (κ3) is 4.44. The van der Waals surface area contributed by atoms with Gasteiger partial charge in [-0.1, -0.05) is 56.3 Å². The van der Waals surface area contributed by atoms with Gasteiger partial charge in [-0.2, -0.15) is 0 Å². The van der Waals surface area contributed by atoms with Crippen LogP contribution in [-0.2, 0) is 11.2 Å². The van der Waals surface area contributed by atoms with Crippen molar-refractivity contribution < 1.29 is 4.79 Å². The summed E-state index contributed by atoms with van der Waals surface area (Å²) in [5.74, 6) is 0.520. The first-order chi connectivity index (χ1) is 10.9. The highest BCUT2D eigenvalue weighted by Crippen LogP contribution is 2.23. The Bertz CT molecular complexity index is 650. The highest BCUT2D eigenvalue weighted by Gasteiger charge is 2.17. The summed E-state index contributed by atoms with van der Waals surface area (Å²) in [6.45, 7) is 10.4. The van der Waals surface area contributed by atoms with E-state index in [-0.39, 0.29) is 11.8 Å². The van der Waals surface area contributed by atoms with Crippen molar-refractivity contribution in [2.24, 2.45) is 5.92 Å². The highest BCUT2D eigenvalue weighted by atomic mass is 16.1. The fraction of sp³-hybridized carbons (Fsp3) is 0.381. The number of hydrogen-bond acceptors (Lipinski definition) is 1. The molecule has 2 nitrogen and oxygen atoms in total. The number of rotatable bonds is 5. The van der Waals surface area contributed by atoms with Crippen molar-refractivity contribution >= 4 is 11.6 Å². The lowest BCUT2D eigenvalue weighted by atomic mass is 9.96. The van der Waals surface area contributed by atoms with E-state index in [4.69, 9.17) is 0 Å². The van der Waals surface area contributed by atoms with Crippen LogP contribution in [0.5, 0.6) is 0 Å². The molecule has 1 unspecified atom stereocenters. The minimum absolute atomic E-state index is 0.0407.